The normalized spacial score (nSPS) is 34.0. The van der Waals surface area contributed by atoms with Crippen LogP contribution in [0, 0.1) is 0 Å². The number of hydrogen-bond donors (Lipinski definition) is 0. The Morgan fingerprint density at radius 2 is 1.20 bits per heavy atom. The highest BCUT2D eigenvalue weighted by Crippen LogP contribution is 2.76. The molecule has 0 aromatic carbocycles. The van der Waals surface area contributed by atoms with Gasteiger partial charge in [-0.15, -0.1) is 9.34 Å². The first-order valence-corrected chi connectivity index (χ1v) is 6.94. The van der Waals surface area contributed by atoms with Gasteiger partial charge in [0.15, 0.2) is 0 Å². The van der Waals surface area contributed by atoms with Crippen LogP contribution in [0.1, 0.15) is 27.7 Å². The van der Waals surface area contributed by atoms with Gasteiger partial charge in [-0.05, 0) is 27.7 Å². The molecular weight excluding hydrogens is 211 g/mol. The van der Waals surface area contributed by atoms with E-state index in [1.54, 1.807) is 0 Å². The Labute approximate surface area is 93.1 Å². The molecule has 15 heavy (non-hydrogen) atoms. The van der Waals surface area contributed by atoms with Crippen LogP contribution in [0.3, 0.4) is 0 Å². The molecule has 0 aliphatic carbocycles. The van der Waals surface area contributed by atoms with Crippen LogP contribution in [0.25, 0.3) is 0 Å². The molecular formula is C10H22N2O2P+. The van der Waals surface area contributed by atoms with Gasteiger partial charge in [-0.2, -0.15) is 9.05 Å². The van der Waals surface area contributed by atoms with Crippen molar-refractivity contribution in [3.05, 3.63) is 0 Å². The predicted molar refractivity (Wildman–Crippen MR) is 62.5 cm³/mol. The highest BCUT2D eigenvalue weighted by Gasteiger charge is 2.70. The van der Waals surface area contributed by atoms with Crippen LogP contribution in [-0.2, 0) is 9.05 Å². The second kappa shape index (κ2) is 3.14. The van der Waals surface area contributed by atoms with Crippen molar-refractivity contribution in [3.63, 3.8) is 0 Å². The van der Waals surface area contributed by atoms with Crippen LogP contribution in [0.2, 0.25) is 0 Å². The summed E-state index contributed by atoms with van der Waals surface area (Å²) in [4.78, 5) is 0. The van der Waals surface area contributed by atoms with Gasteiger partial charge in [0, 0.05) is 14.1 Å². The zero-order chi connectivity index (χ0) is 11.5. The van der Waals surface area contributed by atoms with Crippen LogP contribution in [0.4, 0.5) is 0 Å². The molecule has 4 nitrogen and oxygen atoms in total. The van der Waals surface area contributed by atoms with Gasteiger partial charge in [0.05, 0.1) is 13.1 Å². The number of hydrogen-bond acceptors (Lipinski definition) is 4. The third kappa shape index (κ3) is 1.83. The lowest BCUT2D eigenvalue weighted by molar-refractivity contribution is 0.0945. The van der Waals surface area contributed by atoms with Crippen LogP contribution in [-0.4, -0.2) is 47.7 Å². The summed E-state index contributed by atoms with van der Waals surface area (Å²) in [6.45, 7) is 10.4. The van der Waals surface area contributed by atoms with Crippen molar-refractivity contribution >= 4 is 8.02 Å². The molecule has 2 aliphatic heterocycles. The lowest BCUT2D eigenvalue weighted by Crippen LogP contribution is -2.26. The van der Waals surface area contributed by atoms with E-state index in [1.807, 2.05) is 0 Å². The minimum absolute atomic E-state index is 0.1000. The Kier molecular flexibility index (Phi) is 2.46. The minimum atomic E-state index is -1.96. The Bertz CT molecular complexity index is 253. The summed E-state index contributed by atoms with van der Waals surface area (Å²) >= 11 is 0. The number of nitrogens with zero attached hydrogens (tertiary/aromatic N) is 2. The van der Waals surface area contributed by atoms with E-state index >= 15 is 0 Å². The summed E-state index contributed by atoms with van der Waals surface area (Å²) in [7, 11) is 2.24. The maximum Gasteiger partial charge on any atom is 0.437 e. The molecule has 0 N–H and O–H groups in total. The molecule has 0 saturated carbocycles. The summed E-state index contributed by atoms with van der Waals surface area (Å²) in [5.41, 5.74) is -0.200. The quantitative estimate of drug-likeness (QED) is 0.598. The SMILES string of the molecule is CN1CC(C)(C)O[P+]12OC(C)(C)CN2C. The molecule has 2 saturated heterocycles. The van der Waals surface area contributed by atoms with E-state index < -0.39 is 8.02 Å². The summed E-state index contributed by atoms with van der Waals surface area (Å²) in [6.07, 6.45) is 0. The van der Waals surface area contributed by atoms with E-state index in [0.717, 1.165) is 13.1 Å². The molecule has 2 aliphatic rings. The fourth-order valence-electron chi connectivity index (χ4n) is 2.54. The fourth-order valence-corrected chi connectivity index (χ4v) is 6.10. The van der Waals surface area contributed by atoms with Gasteiger partial charge in [-0.3, -0.25) is 0 Å². The standard InChI is InChI=1S/C10H22N2O2P/c1-9(2)7-11(5)15(13-9)12(6)8-10(3,4)14-15/h7-8H2,1-6H3/q+1. The van der Waals surface area contributed by atoms with Gasteiger partial charge in [-0.1, -0.05) is 0 Å². The Morgan fingerprint density at radius 3 is 1.40 bits per heavy atom. The van der Waals surface area contributed by atoms with Gasteiger partial charge in [-0.25, -0.2) is 0 Å². The van der Waals surface area contributed by atoms with Crippen molar-refractivity contribution in [2.45, 2.75) is 38.9 Å². The van der Waals surface area contributed by atoms with E-state index in [0.29, 0.717) is 0 Å². The van der Waals surface area contributed by atoms with E-state index in [1.165, 1.54) is 0 Å². The first-order chi connectivity index (χ1) is 6.67. The topological polar surface area (TPSA) is 24.9 Å². The van der Waals surface area contributed by atoms with Crippen molar-refractivity contribution in [2.75, 3.05) is 27.2 Å². The van der Waals surface area contributed by atoms with E-state index in [9.17, 15) is 0 Å². The highest BCUT2D eigenvalue weighted by atomic mass is 31.2. The van der Waals surface area contributed by atoms with Gasteiger partial charge >= 0.3 is 8.02 Å². The second-order valence-electron chi connectivity index (χ2n) is 5.82. The molecule has 5 heteroatoms. The van der Waals surface area contributed by atoms with Crippen LogP contribution in [0.15, 0.2) is 0 Å². The zero-order valence-corrected chi connectivity index (χ0v) is 11.5. The van der Waals surface area contributed by atoms with Crippen molar-refractivity contribution in [3.8, 4) is 0 Å². The van der Waals surface area contributed by atoms with E-state index in [2.05, 4.69) is 51.1 Å². The molecule has 0 bridgehead atoms. The van der Waals surface area contributed by atoms with Crippen LogP contribution >= 0.6 is 8.02 Å². The average Bonchev–Trinajstić information content (AvgIpc) is 2.31. The minimum Gasteiger partial charge on any atom is -0.165 e. The summed E-state index contributed by atoms with van der Waals surface area (Å²) in [5.74, 6) is 0. The van der Waals surface area contributed by atoms with E-state index in [4.69, 9.17) is 9.05 Å². The summed E-state index contributed by atoms with van der Waals surface area (Å²) < 4.78 is 16.9. The number of rotatable bonds is 0. The van der Waals surface area contributed by atoms with Crippen molar-refractivity contribution in [1.82, 2.24) is 9.34 Å². The molecule has 1 spiro atoms. The third-order valence-corrected chi connectivity index (χ3v) is 6.29. The van der Waals surface area contributed by atoms with Crippen molar-refractivity contribution < 1.29 is 9.05 Å². The zero-order valence-electron chi connectivity index (χ0n) is 10.6. The van der Waals surface area contributed by atoms with Crippen LogP contribution < -0.4 is 0 Å². The molecule has 0 aromatic rings. The first-order valence-electron chi connectivity index (χ1n) is 5.41. The molecule has 0 amide bonds. The molecule has 0 aromatic heterocycles. The number of likely N-dealkylation sites (N-methyl/N-ethyl adjacent to an activating group) is 2. The van der Waals surface area contributed by atoms with Crippen molar-refractivity contribution in [2.24, 2.45) is 0 Å². The van der Waals surface area contributed by atoms with Gasteiger partial charge in [0.1, 0.15) is 11.2 Å². The maximum absolute atomic E-state index is 6.20. The molecule has 2 fully saturated rings. The maximum atomic E-state index is 6.20. The molecule has 0 atom stereocenters. The second-order valence-corrected chi connectivity index (χ2v) is 8.54. The lowest BCUT2D eigenvalue weighted by atomic mass is 10.1. The van der Waals surface area contributed by atoms with Crippen LogP contribution in [0.5, 0.6) is 0 Å². The third-order valence-electron chi connectivity index (χ3n) is 2.81. The summed E-state index contributed by atoms with van der Waals surface area (Å²) in [6, 6.07) is 0. The predicted octanol–water partition coefficient (Wildman–Crippen LogP) is 2.15. The highest BCUT2D eigenvalue weighted by molar-refractivity contribution is 7.62. The first kappa shape index (κ1) is 11.7. The monoisotopic (exact) mass is 233 g/mol. The van der Waals surface area contributed by atoms with Gasteiger partial charge in [0.2, 0.25) is 0 Å². The average molecular weight is 233 g/mol. The smallest absolute Gasteiger partial charge is 0.165 e. The Hall–Kier alpha value is 0.270. The molecule has 0 unspecified atom stereocenters. The van der Waals surface area contributed by atoms with Gasteiger partial charge in [0.25, 0.3) is 0 Å². The molecule has 2 rings (SSSR count). The lowest BCUT2D eigenvalue weighted by Gasteiger charge is -2.23. The van der Waals surface area contributed by atoms with Crippen molar-refractivity contribution in [1.29, 1.82) is 0 Å². The van der Waals surface area contributed by atoms with E-state index in [-0.39, 0.29) is 11.2 Å². The largest absolute Gasteiger partial charge is 0.437 e. The van der Waals surface area contributed by atoms with Gasteiger partial charge < -0.3 is 0 Å². The molecule has 0 radical (unpaired) electrons. The summed E-state index contributed by atoms with van der Waals surface area (Å²) in [5, 5.41) is 0. The Morgan fingerprint density at radius 1 is 0.867 bits per heavy atom. The Balaban J connectivity index is 2.28. The fraction of sp³-hybridized carbons (Fsp3) is 1.00. The molecule has 88 valence electrons. The molecule has 2 heterocycles.